The molecule has 100 valence electrons. The number of aldehydes is 1. The summed E-state index contributed by atoms with van der Waals surface area (Å²) >= 11 is -0.533. The van der Waals surface area contributed by atoms with Crippen molar-refractivity contribution < 1.29 is 27.5 Å². The van der Waals surface area contributed by atoms with Gasteiger partial charge in [-0.15, -0.1) is 0 Å². The van der Waals surface area contributed by atoms with Crippen LogP contribution in [0.15, 0.2) is 17.0 Å². The summed E-state index contributed by atoms with van der Waals surface area (Å²) in [4.78, 5) is 21.8. The second-order valence-corrected chi connectivity index (χ2v) is 4.28. The van der Waals surface area contributed by atoms with Crippen molar-refractivity contribution in [2.45, 2.75) is 10.4 Å². The van der Waals surface area contributed by atoms with Gasteiger partial charge in [-0.05, 0) is 23.9 Å². The molecule has 19 heavy (non-hydrogen) atoms. The standard InChI is InChI=1S/C11H6F3NO3S/c1-18-10(17)9-6(5-16)2-3-8(7(9)4-15)19-11(12,13)14/h2-3,5H,1H3. The van der Waals surface area contributed by atoms with Gasteiger partial charge in [-0.25, -0.2) is 4.79 Å². The van der Waals surface area contributed by atoms with Crippen molar-refractivity contribution in [3.8, 4) is 6.07 Å². The highest BCUT2D eigenvalue weighted by atomic mass is 32.2. The molecule has 0 N–H and O–H groups in total. The molecule has 0 atom stereocenters. The van der Waals surface area contributed by atoms with Gasteiger partial charge in [-0.1, -0.05) is 0 Å². The largest absolute Gasteiger partial charge is 0.465 e. The van der Waals surface area contributed by atoms with E-state index in [4.69, 9.17) is 5.26 Å². The summed E-state index contributed by atoms with van der Waals surface area (Å²) in [5.74, 6) is -1.04. The van der Waals surface area contributed by atoms with Crippen molar-refractivity contribution in [2.75, 3.05) is 7.11 Å². The van der Waals surface area contributed by atoms with Gasteiger partial charge in [0.1, 0.15) is 6.07 Å². The van der Waals surface area contributed by atoms with Crippen LogP contribution in [-0.2, 0) is 4.74 Å². The summed E-state index contributed by atoms with van der Waals surface area (Å²) in [6.45, 7) is 0. The first-order valence-corrected chi connectivity index (χ1v) is 5.52. The number of hydrogen-bond donors (Lipinski definition) is 0. The number of benzene rings is 1. The summed E-state index contributed by atoms with van der Waals surface area (Å²) in [6.07, 6.45) is 0.273. The lowest BCUT2D eigenvalue weighted by atomic mass is 10.0. The number of thioether (sulfide) groups is 1. The van der Waals surface area contributed by atoms with Crippen molar-refractivity contribution >= 4 is 24.0 Å². The van der Waals surface area contributed by atoms with Crippen LogP contribution < -0.4 is 0 Å². The molecule has 0 bridgehead atoms. The molecule has 0 amide bonds. The van der Waals surface area contributed by atoms with E-state index in [-0.39, 0.29) is 11.8 Å². The Kier molecular flexibility index (Phi) is 4.56. The Morgan fingerprint density at radius 2 is 2.11 bits per heavy atom. The Bertz CT molecular complexity index is 564. The number of nitriles is 1. The minimum absolute atomic E-state index is 0.199. The molecule has 0 saturated carbocycles. The van der Waals surface area contributed by atoms with E-state index >= 15 is 0 Å². The lowest BCUT2D eigenvalue weighted by molar-refractivity contribution is -0.0328. The zero-order chi connectivity index (χ0) is 14.6. The molecule has 0 aliphatic carbocycles. The third-order valence-electron chi connectivity index (χ3n) is 2.05. The molecule has 0 heterocycles. The van der Waals surface area contributed by atoms with E-state index < -0.39 is 39.3 Å². The molecule has 1 rings (SSSR count). The maximum Gasteiger partial charge on any atom is 0.446 e. The van der Waals surface area contributed by atoms with E-state index in [0.29, 0.717) is 0 Å². The summed E-state index contributed by atoms with van der Waals surface area (Å²) in [5.41, 5.74) is -5.80. The monoisotopic (exact) mass is 289 g/mol. The summed E-state index contributed by atoms with van der Waals surface area (Å²) < 4.78 is 41.3. The molecule has 4 nitrogen and oxygen atoms in total. The lowest BCUT2D eigenvalue weighted by Gasteiger charge is -2.11. The fourth-order valence-electron chi connectivity index (χ4n) is 1.34. The predicted octanol–water partition coefficient (Wildman–Crippen LogP) is 2.77. The van der Waals surface area contributed by atoms with Gasteiger partial charge in [0, 0.05) is 10.5 Å². The van der Waals surface area contributed by atoms with Gasteiger partial charge in [0.15, 0.2) is 6.29 Å². The molecule has 0 spiro atoms. The molecule has 0 aromatic heterocycles. The van der Waals surface area contributed by atoms with Crippen molar-refractivity contribution in [2.24, 2.45) is 0 Å². The highest BCUT2D eigenvalue weighted by Gasteiger charge is 2.32. The van der Waals surface area contributed by atoms with Gasteiger partial charge in [-0.2, -0.15) is 18.4 Å². The van der Waals surface area contributed by atoms with Gasteiger partial charge in [0.05, 0.1) is 18.2 Å². The number of carbonyl (C=O) groups excluding carboxylic acids is 2. The van der Waals surface area contributed by atoms with E-state index in [2.05, 4.69) is 4.74 Å². The van der Waals surface area contributed by atoms with Gasteiger partial charge >= 0.3 is 11.5 Å². The fraction of sp³-hybridized carbons (Fsp3) is 0.182. The minimum Gasteiger partial charge on any atom is -0.465 e. The Morgan fingerprint density at radius 3 is 2.53 bits per heavy atom. The van der Waals surface area contributed by atoms with Crippen LogP contribution in [0.5, 0.6) is 0 Å². The van der Waals surface area contributed by atoms with Crippen LogP contribution in [0.25, 0.3) is 0 Å². The van der Waals surface area contributed by atoms with Gasteiger partial charge < -0.3 is 4.74 Å². The average molecular weight is 289 g/mol. The number of carbonyl (C=O) groups is 2. The zero-order valence-corrected chi connectivity index (χ0v) is 10.3. The molecular weight excluding hydrogens is 283 g/mol. The van der Waals surface area contributed by atoms with Crippen LogP contribution in [0, 0.1) is 11.3 Å². The molecule has 1 aromatic rings. The Morgan fingerprint density at radius 1 is 1.47 bits per heavy atom. The first-order valence-electron chi connectivity index (χ1n) is 4.70. The minimum atomic E-state index is -4.61. The van der Waals surface area contributed by atoms with E-state index in [1.54, 1.807) is 0 Å². The number of alkyl halides is 3. The maximum atomic E-state index is 12.3. The third-order valence-corrected chi connectivity index (χ3v) is 2.84. The predicted molar refractivity (Wildman–Crippen MR) is 59.8 cm³/mol. The first-order chi connectivity index (χ1) is 8.84. The van der Waals surface area contributed by atoms with Crippen LogP contribution in [0.4, 0.5) is 13.2 Å². The lowest BCUT2D eigenvalue weighted by Crippen LogP contribution is -2.10. The van der Waals surface area contributed by atoms with E-state index in [1.807, 2.05) is 0 Å². The third kappa shape index (κ3) is 3.48. The van der Waals surface area contributed by atoms with Crippen LogP contribution in [0.2, 0.25) is 0 Å². The SMILES string of the molecule is COC(=O)c1c(C=O)ccc(SC(F)(F)F)c1C#N. The molecule has 0 aliphatic rings. The number of hydrogen-bond acceptors (Lipinski definition) is 5. The van der Waals surface area contributed by atoms with Gasteiger partial charge in [0.2, 0.25) is 0 Å². The van der Waals surface area contributed by atoms with Crippen LogP contribution in [-0.4, -0.2) is 24.9 Å². The summed E-state index contributed by atoms with van der Waals surface area (Å²) in [7, 11) is 1.00. The van der Waals surface area contributed by atoms with E-state index in [0.717, 1.165) is 19.2 Å². The second-order valence-electron chi connectivity index (χ2n) is 3.17. The van der Waals surface area contributed by atoms with Gasteiger partial charge in [-0.3, -0.25) is 4.79 Å². The van der Waals surface area contributed by atoms with Crippen molar-refractivity contribution in [1.82, 2.24) is 0 Å². The van der Waals surface area contributed by atoms with Crippen LogP contribution in [0.3, 0.4) is 0 Å². The Labute approximate surface area is 110 Å². The molecule has 8 heteroatoms. The first kappa shape index (κ1) is 15.0. The van der Waals surface area contributed by atoms with Crippen molar-refractivity contribution in [3.05, 3.63) is 28.8 Å². The van der Waals surface area contributed by atoms with E-state index in [9.17, 15) is 22.8 Å². The smallest absolute Gasteiger partial charge is 0.446 e. The fourth-order valence-corrected chi connectivity index (χ4v) is 1.98. The van der Waals surface area contributed by atoms with Crippen molar-refractivity contribution in [1.29, 1.82) is 5.26 Å². The molecule has 0 unspecified atom stereocenters. The summed E-state index contributed by atoms with van der Waals surface area (Å²) in [5, 5.41) is 8.91. The van der Waals surface area contributed by atoms with E-state index in [1.165, 1.54) is 6.07 Å². The molecule has 0 fully saturated rings. The topological polar surface area (TPSA) is 67.2 Å². The quantitative estimate of drug-likeness (QED) is 0.486. The molecular formula is C11H6F3NO3S. The van der Waals surface area contributed by atoms with Gasteiger partial charge in [0.25, 0.3) is 0 Å². The highest BCUT2D eigenvalue weighted by Crippen LogP contribution is 2.39. The Hall–Kier alpha value is -2.01. The van der Waals surface area contributed by atoms with Crippen LogP contribution >= 0.6 is 11.8 Å². The highest BCUT2D eigenvalue weighted by molar-refractivity contribution is 8.00. The maximum absolute atomic E-state index is 12.3. The molecule has 0 saturated heterocycles. The zero-order valence-electron chi connectivity index (χ0n) is 9.45. The molecule has 0 aliphatic heterocycles. The molecule has 0 radical (unpaired) electrons. The average Bonchev–Trinajstić information content (AvgIpc) is 2.35. The number of nitrogens with zero attached hydrogens (tertiary/aromatic N) is 1. The van der Waals surface area contributed by atoms with Crippen molar-refractivity contribution in [3.63, 3.8) is 0 Å². The number of rotatable bonds is 3. The second kappa shape index (κ2) is 5.75. The Balaban J connectivity index is 3.50. The summed E-state index contributed by atoms with van der Waals surface area (Å²) in [6, 6.07) is 3.50. The molecule has 1 aromatic carbocycles. The normalized spacial score (nSPS) is 10.7. The number of esters is 1. The number of halogens is 3. The number of ether oxygens (including phenoxy) is 1. The number of methoxy groups -OCH3 is 1. The van der Waals surface area contributed by atoms with Crippen LogP contribution in [0.1, 0.15) is 26.3 Å².